The van der Waals surface area contributed by atoms with Crippen LogP contribution < -0.4 is 0 Å². The molecule has 122 valence electrons. The van der Waals surface area contributed by atoms with Gasteiger partial charge in [0.2, 0.25) is 5.89 Å². The van der Waals surface area contributed by atoms with Crippen LogP contribution in [-0.2, 0) is 0 Å². The predicted octanol–water partition coefficient (Wildman–Crippen LogP) is 2.53. The molecule has 23 heavy (non-hydrogen) atoms. The molecule has 3 heterocycles. The summed E-state index contributed by atoms with van der Waals surface area (Å²) in [5.41, 5.74) is 0. The number of aromatic nitrogens is 2. The smallest absolute Gasteiger partial charge is 0.264 e. The number of rotatable bonds is 4. The Labute approximate surface area is 139 Å². The first kappa shape index (κ1) is 14.8. The molecule has 1 saturated carbocycles. The molecule has 1 atom stereocenters. The van der Waals surface area contributed by atoms with E-state index in [4.69, 9.17) is 4.52 Å². The van der Waals surface area contributed by atoms with E-state index in [0.717, 1.165) is 36.9 Å². The van der Waals surface area contributed by atoms with E-state index in [9.17, 15) is 4.79 Å². The average molecular weight is 332 g/mol. The summed E-state index contributed by atoms with van der Waals surface area (Å²) in [6, 6.07) is 3.91. The van der Waals surface area contributed by atoms with Gasteiger partial charge in [0.05, 0.1) is 10.9 Å². The van der Waals surface area contributed by atoms with Crippen LogP contribution in [0.25, 0.3) is 0 Å². The maximum atomic E-state index is 12.4. The summed E-state index contributed by atoms with van der Waals surface area (Å²) in [6.45, 7) is 5.25. The molecular weight excluding hydrogens is 312 g/mol. The van der Waals surface area contributed by atoms with Gasteiger partial charge in [0.15, 0.2) is 5.82 Å². The first-order valence-electron chi connectivity index (χ1n) is 8.12. The molecule has 2 fully saturated rings. The van der Waals surface area contributed by atoms with Crippen molar-refractivity contribution in [1.29, 1.82) is 0 Å². The third-order valence-corrected chi connectivity index (χ3v) is 5.50. The molecule has 0 aromatic carbocycles. The monoisotopic (exact) mass is 332 g/mol. The highest BCUT2D eigenvalue weighted by atomic mass is 32.1. The van der Waals surface area contributed by atoms with Gasteiger partial charge >= 0.3 is 0 Å². The maximum Gasteiger partial charge on any atom is 0.264 e. The molecule has 1 amide bonds. The van der Waals surface area contributed by atoms with E-state index in [1.54, 1.807) is 0 Å². The van der Waals surface area contributed by atoms with E-state index in [1.165, 1.54) is 24.2 Å². The molecule has 1 saturated heterocycles. The predicted molar refractivity (Wildman–Crippen MR) is 86.5 cm³/mol. The summed E-state index contributed by atoms with van der Waals surface area (Å²) in [6.07, 6.45) is 2.35. The highest BCUT2D eigenvalue weighted by Crippen LogP contribution is 2.38. The Balaban J connectivity index is 1.35. The lowest BCUT2D eigenvalue weighted by molar-refractivity contribution is 0.0556. The first-order chi connectivity index (χ1) is 11.2. The normalized spacial score (nSPS) is 20.7. The van der Waals surface area contributed by atoms with Gasteiger partial charge in [-0.3, -0.25) is 9.69 Å². The maximum absolute atomic E-state index is 12.4. The van der Waals surface area contributed by atoms with Crippen molar-refractivity contribution in [2.75, 3.05) is 26.2 Å². The van der Waals surface area contributed by atoms with E-state index in [0.29, 0.717) is 11.8 Å². The number of hydrogen-bond acceptors (Lipinski definition) is 6. The van der Waals surface area contributed by atoms with Gasteiger partial charge in [0.25, 0.3) is 5.91 Å². The zero-order chi connectivity index (χ0) is 15.8. The molecule has 1 aliphatic carbocycles. The summed E-state index contributed by atoms with van der Waals surface area (Å²) >= 11 is 1.50. The van der Waals surface area contributed by atoms with E-state index >= 15 is 0 Å². The second kappa shape index (κ2) is 6.05. The Morgan fingerprint density at radius 2 is 2.13 bits per heavy atom. The van der Waals surface area contributed by atoms with Gasteiger partial charge in [-0.2, -0.15) is 4.98 Å². The zero-order valence-corrected chi connectivity index (χ0v) is 14.0. The van der Waals surface area contributed by atoms with Crippen LogP contribution in [0, 0.1) is 0 Å². The van der Waals surface area contributed by atoms with Crippen LogP contribution in [0.4, 0.5) is 0 Å². The van der Waals surface area contributed by atoms with Gasteiger partial charge in [0.1, 0.15) is 0 Å². The summed E-state index contributed by atoms with van der Waals surface area (Å²) in [5, 5.41) is 6.04. The van der Waals surface area contributed by atoms with Gasteiger partial charge in [-0.15, -0.1) is 11.3 Å². The Hall–Kier alpha value is -1.73. The fourth-order valence-corrected chi connectivity index (χ4v) is 3.64. The third-order valence-electron chi connectivity index (χ3n) is 4.64. The van der Waals surface area contributed by atoms with E-state index < -0.39 is 0 Å². The molecule has 2 aromatic rings. The van der Waals surface area contributed by atoms with E-state index in [1.807, 2.05) is 22.4 Å². The number of nitrogens with zero attached hydrogens (tertiary/aromatic N) is 4. The van der Waals surface area contributed by atoms with Crippen LogP contribution >= 0.6 is 11.3 Å². The number of carbonyl (C=O) groups excluding carboxylic acids is 1. The first-order valence-corrected chi connectivity index (χ1v) is 9.00. The molecule has 2 aromatic heterocycles. The number of carbonyl (C=O) groups is 1. The van der Waals surface area contributed by atoms with Crippen LogP contribution in [0.1, 0.15) is 53.1 Å². The van der Waals surface area contributed by atoms with Gasteiger partial charge in [-0.05, 0) is 31.2 Å². The third kappa shape index (κ3) is 3.03. The standard InChI is InChI=1S/C16H20N4O2S/c1-11(15-17-14(18-22-15)12-4-5-12)19-6-8-20(9-7-19)16(21)13-3-2-10-23-13/h2-3,10-12H,4-9H2,1H3. The summed E-state index contributed by atoms with van der Waals surface area (Å²) in [7, 11) is 0. The van der Waals surface area contributed by atoms with E-state index in [2.05, 4.69) is 22.0 Å². The lowest BCUT2D eigenvalue weighted by atomic mass is 10.2. The molecular formula is C16H20N4O2S. The SMILES string of the molecule is CC(c1nc(C2CC2)no1)N1CCN(C(=O)c2cccs2)CC1. The molecule has 1 aliphatic heterocycles. The van der Waals surface area contributed by atoms with Crippen LogP contribution in [0.15, 0.2) is 22.0 Å². The molecule has 0 N–H and O–H groups in total. The Bertz CT molecular complexity index is 672. The molecule has 7 heteroatoms. The largest absolute Gasteiger partial charge is 0.338 e. The van der Waals surface area contributed by atoms with Crippen LogP contribution in [0.2, 0.25) is 0 Å². The second-order valence-corrected chi connectivity index (χ2v) is 7.19. The number of hydrogen-bond donors (Lipinski definition) is 0. The van der Waals surface area contributed by atoms with Gasteiger partial charge < -0.3 is 9.42 Å². The lowest BCUT2D eigenvalue weighted by Crippen LogP contribution is -2.49. The van der Waals surface area contributed by atoms with Crippen molar-refractivity contribution >= 4 is 17.2 Å². The van der Waals surface area contributed by atoms with Gasteiger partial charge in [-0.1, -0.05) is 11.2 Å². The summed E-state index contributed by atoms with van der Waals surface area (Å²) < 4.78 is 5.43. The van der Waals surface area contributed by atoms with Crippen molar-refractivity contribution in [3.8, 4) is 0 Å². The highest BCUT2D eigenvalue weighted by molar-refractivity contribution is 7.12. The molecule has 4 rings (SSSR count). The van der Waals surface area contributed by atoms with Crippen molar-refractivity contribution < 1.29 is 9.32 Å². The second-order valence-electron chi connectivity index (χ2n) is 6.25. The van der Waals surface area contributed by atoms with Crippen molar-refractivity contribution in [3.05, 3.63) is 34.1 Å². The summed E-state index contributed by atoms with van der Waals surface area (Å²) in [5.74, 6) is 2.21. The van der Waals surface area contributed by atoms with Crippen molar-refractivity contribution in [2.24, 2.45) is 0 Å². The molecule has 1 unspecified atom stereocenters. The number of piperazine rings is 1. The number of thiophene rings is 1. The number of amides is 1. The minimum atomic E-state index is 0.106. The minimum Gasteiger partial charge on any atom is -0.338 e. The van der Waals surface area contributed by atoms with Crippen molar-refractivity contribution in [3.63, 3.8) is 0 Å². The quantitative estimate of drug-likeness (QED) is 0.861. The van der Waals surface area contributed by atoms with Gasteiger partial charge in [0, 0.05) is 32.1 Å². The molecule has 6 nitrogen and oxygen atoms in total. The minimum absolute atomic E-state index is 0.106. The summed E-state index contributed by atoms with van der Waals surface area (Å²) in [4.78, 5) is 22.0. The molecule has 0 bridgehead atoms. The van der Waals surface area contributed by atoms with Crippen molar-refractivity contribution in [1.82, 2.24) is 19.9 Å². The topological polar surface area (TPSA) is 62.5 Å². The molecule has 0 spiro atoms. The average Bonchev–Trinajstić information content (AvgIpc) is 3.10. The zero-order valence-electron chi connectivity index (χ0n) is 13.1. The molecule has 2 aliphatic rings. The van der Waals surface area contributed by atoms with E-state index in [-0.39, 0.29) is 11.9 Å². The van der Waals surface area contributed by atoms with Crippen LogP contribution in [0.3, 0.4) is 0 Å². The molecule has 0 radical (unpaired) electrons. The van der Waals surface area contributed by atoms with Crippen molar-refractivity contribution in [2.45, 2.75) is 31.7 Å². The lowest BCUT2D eigenvalue weighted by Gasteiger charge is -2.36. The Kier molecular flexibility index (Phi) is 3.90. The Morgan fingerprint density at radius 3 is 2.78 bits per heavy atom. The highest BCUT2D eigenvalue weighted by Gasteiger charge is 2.32. The Morgan fingerprint density at radius 1 is 1.35 bits per heavy atom. The van der Waals surface area contributed by atoms with Gasteiger partial charge in [-0.25, -0.2) is 0 Å². The fourth-order valence-electron chi connectivity index (χ4n) is 2.95. The van der Waals surface area contributed by atoms with Crippen LogP contribution in [-0.4, -0.2) is 52.0 Å². The van der Waals surface area contributed by atoms with Crippen LogP contribution in [0.5, 0.6) is 0 Å². The fraction of sp³-hybridized carbons (Fsp3) is 0.562.